The molecule has 0 bridgehead atoms. The van der Waals surface area contributed by atoms with Crippen molar-refractivity contribution < 1.29 is 4.79 Å². The number of pyridine rings is 2. The van der Waals surface area contributed by atoms with Gasteiger partial charge in [-0.1, -0.05) is 0 Å². The van der Waals surface area contributed by atoms with E-state index in [1.54, 1.807) is 24.0 Å². The van der Waals surface area contributed by atoms with Crippen molar-refractivity contribution in [3.8, 4) is 11.1 Å². The van der Waals surface area contributed by atoms with Crippen LogP contribution in [0.1, 0.15) is 34.1 Å². The number of hydrogen-bond donors (Lipinski definition) is 0. The van der Waals surface area contributed by atoms with Gasteiger partial charge >= 0.3 is 0 Å². The van der Waals surface area contributed by atoms with Gasteiger partial charge in [0.05, 0.1) is 11.8 Å². The minimum absolute atomic E-state index is 0.0433. The molecule has 3 aromatic rings. The van der Waals surface area contributed by atoms with Gasteiger partial charge in [-0.15, -0.1) is 0 Å². The molecule has 0 radical (unpaired) electrons. The highest BCUT2D eigenvalue weighted by molar-refractivity contribution is 5.94. The van der Waals surface area contributed by atoms with Crippen molar-refractivity contribution >= 4 is 5.91 Å². The second-order valence-electron chi connectivity index (χ2n) is 7.43. The van der Waals surface area contributed by atoms with Gasteiger partial charge in [-0.25, -0.2) is 0 Å². The number of nitrogens with zero attached hydrogens (tertiary/aromatic N) is 5. The van der Waals surface area contributed by atoms with E-state index in [1.165, 1.54) is 10.6 Å². The van der Waals surface area contributed by atoms with Crippen LogP contribution in [0.4, 0.5) is 0 Å². The second kappa shape index (κ2) is 7.07. The van der Waals surface area contributed by atoms with Crippen molar-refractivity contribution in [3.05, 3.63) is 70.2 Å². The number of amides is 1. The monoisotopic (exact) mass is 377 g/mol. The maximum Gasteiger partial charge on any atom is 0.255 e. The van der Waals surface area contributed by atoms with Crippen molar-refractivity contribution in [1.82, 2.24) is 24.2 Å². The fraction of sp³-hybridized carbons (Fsp3) is 0.333. The third kappa shape index (κ3) is 3.47. The molecular formula is C21H23N5O2. The highest BCUT2D eigenvalue weighted by atomic mass is 16.2. The number of aryl methyl sites for hydroxylation is 3. The highest BCUT2D eigenvalue weighted by Crippen LogP contribution is 2.30. The van der Waals surface area contributed by atoms with Crippen LogP contribution in [0, 0.1) is 6.92 Å². The van der Waals surface area contributed by atoms with Gasteiger partial charge in [0.2, 0.25) is 5.56 Å². The zero-order chi connectivity index (χ0) is 19.8. The van der Waals surface area contributed by atoms with E-state index in [0.29, 0.717) is 18.7 Å². The Morgan fingerprint density at radius 2 is 1.96 bits per heavy atom. The van der Waals surface area contributed by atoms with Gasteiger partial charge in [-0.3, -0.25) is 19.3 Å². The van der Waals surface area contributed by atoms with Crippen molar-refractivity contribution in [2.24, 2.45) is 14.1 Å². The van der Waals surface area contributed by atoms with E-state index in [9.17, 15) is 9.59 Å². The molecule has 0 N–H and O–H groups in total. The molecule has 28 heavy (non-hydrogen) atoms. The van der Waals surface area contributed by atoms with E-state index in [0.717, 1.165) is 28.9 Å². The third-order valence-corrected chi connectivity index (χ3v) is 5.24. The molecule has 1 aliphatic rings. The van der Waals surface area contributed by atoms with Crippen molar-refractivity contribution in [2.75, 3.05) is 13.1 Å². The Labute approximate surface area is 163 Å². The van der Waals surface area contributed by atoms with Crippen LogP contribution in [0.25, 0.3) is 11.1 Å². The van der Waals surface area contributed by atoms with Crippen LogP contribution in [-0.4, -0.2) is 43.2 Å². The van der Waals surface area contributed by atoms with E-state index in [4.69, 9.17) is 4.98 Å². The molecule has 4 heterocycles. The Bertz CT molecular complexity index is 1100. The van der Waals surface area contributed by atoms with Crippen molar-refractivity contribution in [1.29, 1.82) is 0 Å². The van der Waals surface area contributed by atoms with E-state index >= 15 is 0 Å². The quantitative estimate of drug-likeness (QED) is 0.701. The maximum absolute atomic E-state index is 12.8. The SMILES string of the molecule is Cc1cc(-c2cnn(C)c2)cc(C2CCN(C(=O)c3ccc(=O)n(C)c3)C2)n1. The Hall–Kier alpha value is -3.22. The van der Waals surface area contributed by atoms with E-state index in [2.05, 4.69) is 17.2 Å². The van der Waals surface area contributed by atoms with Crippen molar-refractivity contribution in [3.63, 3.8) is 0 Å². The maximum atomic E-state index is 12.8. The molecule has 1 amide bonds. The summed E-state index contributed by atoms with van der Waals surface area (Å²) in [6.45, 7) is 3.31. The van der Waals surface area contributed by atoms with Crippen LogP contribution in [-0.2, 0) is 14.1 Å². The standard InChI is InChI=1S/C21H23N5O2/c1-14-8-17(18-10-22-25(3)12-18)9-19(23-14)15-6-7-26(13-15)21(28)16-4-5-20(27)24(2)11-16/h4-5,8-12,15H,6-7,13H2,1-3H3. The van der Waals surface area contributed by atoms with Crippen LogP contribution in [0.15, 0.2) is 47.7 Å². The number of rotatable bonds is 3. The summed E-state index contributed by atoms with van der Waals surface area (Å²) in [4.78, 5) is 31.0. The van der Waals surface area contributed by atoms with E-state index in [-0.39, 0.29) is 17.4 Å². The normalized spacial score (nSPS) is 16.5. The lowest BCUT2D eigenvalue weighted by molar-refractivity contribution is 0.0789. The van der Waals surface area contributed by atoms with E-state index in [1.807, 2.05) is 31.3 Å². The predicted molar refractivity (Wildman–Crippen MR) is 106 cm³/mol. The largest absolute Gasteiger partial charge is 0.338 e. The number of carbonyl (C=O) groups excluding carboxylic acids is 1. The molecule has 7 nitrogen and oxygen atoms in total. The molecule has 0 spiro atoms. The molecule has 144 valence electrons. The van der Waals surface area contributed by atoms with Gasteiger partial charge in [-0.05, 0) is 37.1 Å². The van der Waals surface area contributed by atoms with Gasteiger partial charge in [0, 0.05) is 68.5 Å². The van der Waals surface area contributed by atoms with Gasteiger partial charge in [0.25, 0.3) is 5.91 Å². The number of carbonyl (C=O) groups is 1. The summed E-state index contributed by atoms with van der Waals surface area (Å²) in [5, 5.41) is 4.25. The molecule has 1 atom stereocenters. The lowest BCUT2D eigenvalue weighted by Crippen LogP contribution is -2.30. The van der Waals surface area contributed by atoms with Gasteiger partial charge in [0.1, 0.15) is 0 Å². The predicted octanol–water partition coefficient (Wildman–Crippen LogP) is 2.12. The highest BCUT2D eigenvalue weighted by Gasteiger charge is 2.29. The topological polar surface area (TPSA) is 73.0 Å². The fourth-order valence-corrected chi connectivity index (χ4v) is 3.73. The summed E-state index contributed by atoms with van der Waals surface area (Å²) in [6, 6.07) is 7.20. The first-order valence-electron chi connectivity index (χ1n) is 9.34. The summed E-state index contributed by atoms with van der Waals surface area (Å²) in [5.74, 6) is 0.157. The Balaban J connectivity index is 1.55. The van der Waals surface area contributed by atoms with Crippen LogP contribution in [0.5, 0.6) is 0 Å². The molecule has 7 heteroatoms. The van der Waals surface area contributed by atoms with Crippen molar-refractivity contribution in [2.45, 2.75) is 19.3 Å². The lowest BCUT2D eigenvalue weighted by Gasteiger charge is -2.17. The summed E-state index contributed by atoms with van der Waals surface area (Å²) < 4.78 is 3.22. The zero-order valence-corrected chi connectivity index (χ0v) is 16.3. The van der Waals surface area contributed by atoms with Gasteiger partial charge in [0.15, 0.2) is 0 Å². The fourth-order valence-electron chi connectivity index (χ4n) is 3.73. The first-order valence-corrected chi connectivity index (χ1v) is 9.34. The summed E-state index contributed by atoms with van der Waals surface area (Å²) >= 11 is 0. The molecule has 0 aliphatic carbocycles. The van der Waals surface area contributed by atoms with Gasteiger partial charge < -0.3 is 9.47 Å². The third-order valence-electron chi connectivity index (χ3n) is 5.24. The number of likely N-dealkylation sites (tertiary alicyclic amines) is 1. The molecule has 0 aromatic carbocycles. The number of aromatic nitrogens is 4. The average molecular weight is 377 g/mol. The Kier molecular flexibility index (Phi) is 4.58. The van der Waals surface area contributed by atoms with Crippen LogP contribution in [0.3, 0.4) is 0 Å². The first-order chi connectivity index (χ1) is 13.4. The second-order valence-corrected chi connectivity index (χ2v) is 7.43. The minimum atomic E-state index is -0.122. The molecule has 1 unspecified atom stereocenters. The molecule has 1 aliphatic heterocycles. The van der Waals surface area contributed by atoms with Crippen LogP contribution >= 0.6 is 0 Å². The molecule has 0 saturated carbocycles. The zero-order valence-electron chi connectivity index (χ0n) is 16.3. The first kappa shape index (κ1) is 18.2. The Morgan fingerprint density at radius 3 is 2.68 bits per heavy atom. The molecule has 3 aromatic heterocycles. The molecular weight excluding hydrogens is 354 g/mol. The van der Waals surface area contributed by atoms with Crippen LogP contribution in [0.2, 0.25) is 0 Å². The average Bonchev–Trinajstić information content (AvgIpc) is 3.32. The molecule has 1 saturated heterocycles. The van der Waals surface area contributed by atoms with Crippen LogP contribution < -0.4 is 5.56 Å². The summed E-state index contributed by atoms with van der Waals surface area (Å²) in [7, 11) is 3.56. The summed E-state index contributed by atoms with van der Waals surface area (Å²) in [6.07, 6.45) is 6.31. The summed E-state index contributed by atoms with van der Waals surface area (Å²) in [5.41, 5.74) is 4.54. The minimum Gasteiger partial charge on any atom is -0.338 e. The van der Waals surface area contributed by atoms with E-state index < -0.39 is 0 Å². The Morgan fingerprint density at radius 1 is 1.14 bits per heavy atom. The smallest absolute Gasteiger partial charge is 0.255 e. The molecule has 4 rings (SSSR count). The number of hydrogen-bond acceptors (Lipinski definition) is 4. The molecule has 1 fully saturated rings. The lowest BCUT2D eigenvalue weighted by atomic mass is 10.00. The van der Waals surface area contributed by atoms with Gasteiger partial charge in [-0.2, -0.15) is 5.10 Å².